The average molecular weight is 345 g/mol. The molecule has 1 N–H and O–H groups in total. The maximum Gasteiger partial charge on any atom is 0.242 e. The summed E-state index contributed by atoms with van der Waals surface area (Å²) in [7, 11) is -3.78. The number of carbonyl (C=O) groups excluding carboxylic acids is 1. The lowest BCUT2D eigenvalue weighted by Crippen LogP contribution is -2.47. The molecule has 1 aliphatic rings. The molecule has 1 atom stereocenters. The number of nitrogens with one attached hydrogen (secondary N) is 1. The first-order valence-electron chi connectivity index (χ1n) is 7.49. The number of hydrogen-bond donors (Lipinski definition) is 1. The van der Waals surface area contributed by atoms with E-state index >= 15 is 0 Å². The molecule has 7 heteroatoms. The maximum atomic E-state index is 12.3. The predicted molar refractivity (Wildman–Crippen MR) is 86.3 cm³/mol. The number of likely N-dealkylation sites (tertiary alicyclic amines) is 1. The van der Waals surface area contributed by atoms with Gasteiger partial charge in [0.2, 0.25) is 15.9 Å². The fraction of sp³-hybridized carbons (Fsp3) is 0.533. The fourth-order valence-corrected chi connectivity index (χ4v) is 4.24. The third-order valence-corrected chi connectivity index (χ3v) is 5.86. The lowest BCUT2D eigenvalue weighted by atomic mass is 10.00. The van der Waals surface area contributed by atoms with Crippen LogP contribution in [0.15, 0.2) is 29.2 Å². The lowest BCUT2D eigenvalue weighted by Gasteiger charge is -2.35. The second-order valence-corrected chi connectivity index (χ2v) is 7.54. The summed E-state index contributed by atoms with van der Waals surface area (Å²) >= 11 is 5.90. The van der Waals surface area contributed by atoms with Crippen molar-refractivity contribution in [1.82, 2.24) is 9.62 Å². The number of carbonyl (C=O) groups is 1. The summed E-state index contributed by atoms with van der Waals surface area (Å²) in [5.74, 6) is -0.179. The molecule has 0 aliphatic carbocycles. The first-order chi connectivity index (χ1) is 10.5. The number of benzene rings is 1. The van der Waals surface area contributed by atoms with E-state index in [0.29, 0.717) is 6.54 Å². The third kappa shape index (κ3) is 4.00. The van der Waals surface area contributed by atoms with Gasteiger partial charge in [0, 0.05) is 12.6 Å². The van der Waals surface area contributed by atoms with Crippen LogP contribution in [0, 0.1) is 0 Å². The van der Waals surface area contributed by atoms with Crippen molar-refractivity contribution in [3.05, 3.63) is 29.3 Å². The van der Waals surface area contributed by atoms with Gasteiger partial charge < -0.3 is 4.90 Å². The standard InChI is InChI=1S/C15H21ClN2O3S/c1-2-12-7-5-6-10-18(12)15(19)11-17-22(20,21)14-9-4-3-8-13(14)16/h3-4,8-9,12,17H,2,5-7,10-11H2,1H3. The summed E-state index contributed by atoms with van der Waals surface area (Å²) in [6.07, 6.45) is 3.97. The number of nitrogens with zero attached hydrogens (tertiary/aromatic N) is 1. The number of amides is 1. The molecule has 1 aromatic carbocycles. The Morgan fingerprint density at radius 1 is 1.36 bits per heavy atom. The SMILES string of the molecule is CCC1CCCCN1C(=O)CNS(=O)(=O)c1ccccc1Cl. The monoisotopic (exact) mass is 344 g/mol. The van der Waals surface area contributed by atoms with Gasteiger partial charge in [-0.05, 0) is 37.8 Å². The normalized spacial score (nSPS) is 19.2. The molecule has 0 aromatic heterocycles. The van der Waals surface area contributed by atoms with E-state index in [9.17, 15) is 13.2 Å². The first-order valence-corrected chi connectivity index (χ1v) is 9.35. The minimum Gasteiger partial charge on any atom is -0.339 e. The van der Waals surface area contributed by atoms with Gasteiger partial charge in [-0.15, -0.1) is 0 Å². The summed E-state index contributed by atoms with van der Waals surface area (Å²) < 4.78 is 26.8. The van der Waals surface area contributed by atoms with Gasteiger partial charge in [0.1, 0.15) is 4.90 Å². The molecule has 1 fully saturated rings. The number of halogens is 1. The molecule has 122 valence electrons. The summed E-state index contributed by atoms with van der Waals surface area (Å²) in [4.78, 5) is 14.1. The van der Waals surface area contributed by atoms with Crippen molar-refractivity contribution in [3.63, 3.8) is 0 Å². The van der Waals surface area contributed by atoms with Crippen molar-refractivity contribution in [2.75, 3.05) is 13.1 Å². The van der Waals surface area contributed by atoms with Crippen LogP contribution < -0.4 is 4.72 Å². The van der Waals surface area contributed by atoms with Crippen molar-refractivity contribution in [2.45, 2.75) is 43.5 Å². The smallest absolute Gasteiger partial charge is 0.242 e. The summed E-state index contributed by atoms with van der Waals surface area (Å²) in [6, 6.07) is 6.40. The fourth-order valence-electron chi connectivity index (χ4n) is 2.75. The minimum absolute atomic E-state index is 0.00449. The second kappa shape index (κ2) is 7.44. The molecule has 1 unspecified atom stereocenters. The van der Waals surface area contributed by atoms with Crippen molar-refractivity contribution in [1.29, 1.82) is 0 Å². The second-order valence-electron chi connectivity index (χ2n) is 5.40. The number of hydrogen-bond acceptors (Lipinski definition) is 3. The van der Waals surface area contributed by atoms with E-state index in [4.69, 9.17) is 11.6 Å². The largest absolute Gasteiger partial charge is 0.339 e. The first kappa shape index (κ1) is 17.2. The Kier molecular flexibility index (Phi) is 5.83. The average Bonchev–Trinajstić information content (AvgIpc) is 2.53. The highest BCUT2D eigenvalue weighted by molar-refractivity contribution is 7.89. The lowest BCUT2D eigenvalue weighted by molar-refractivity contribution is -0.133. The Balaban J connectivity index is 2.02. The molecule has 1 saturated heterocycles. The molecule has 0 radical (unpaired) electrons. The Hall–Kier alpha value is -1.11. The van der Waals surface area contributed by atoms with Gasteiger partial charge >= 0.3 is 0 Å². The molecular weight excluding hydrogens is 324 g/mol. The zero-order chi connectivity index (χ0) is 16.2. The van der Waals surface area contributed by atoms with Crippen molar-refractivity contribution in [3.8, 4) is 0 Å². The summed E-state index contributed by atoms with van der Waals surface area (Å²) in [6.45, 7) is 2.51. The van der Waals surface area contributed by atoms with Gasteiger partial charge in [-0.25, -0.2) is 13.1 Å². The van der Waals surface area contributed by atoms with E-state index in [2.05, 4.69) is 4.72 Å². The highest BCUT2D eigenvalue weighted by atomic mass is 35.5. The van der Waals surface area contributed by atoms with E-state index in [-0.39, 0.29) is 28.4 Å². The number of piperidine rings is 1. The molecule has 0 bridgehead atoms. The molecule has 1 aromatic rings. The van der Waals surface area contributed by atoms with E-state index in [1.54, 1.807) is 17.0 Å². The van der Waals surface area contributed by atoms with Crippen LogP contribution in [0.1, 0.15) is 32.6 Å². The molecule has 5 nitrogen and oxygen atoms in total. The van der Waals surface area contributed by atoms with E-state index in [0.717, 1.165) is 25.7 Å². The maximum absolute atomic E-state index is 12.3. The van der Waals surface area contributed by atoms with Gasteiger partial charge in [0.05, 0.1) is 11.6 Å². The minimum atomic E-state index is -3.78. The van der Waals surface area contributed by atoms with Crippen molar-refractivity contribution < 1.29 is 13.2 Å². The van der Waals surface area contributed by atoms with Gasteiger partial charge in [0.15, 0.2) is 0 Å². The topological polar surface area (TPSA) is 66.5 Å². The van der Waals surface area contributed by atoms with Gasteiger partial charge in [0.25, 0.3) is 0 Å². The Bertz CT molecular complexity index is 633. The van der Waals surface area contributed by atoms with Crippen LogP contribution in [-0.2, 0) is 14.8 Å². The van der Waals surface area contributed by atoms with Gasteiger partial charge in [-0.3, -0.25) is 4.79 Å². The predicted octanol–water partition coefficient (Wildman–Crippen LogP) is 2.41. The molecule has 1 heterocycles. The Labute approximate surface area is 136 Å². The zero-order valence-electron chi connectivity index (χ0n) is 12.6. The van der Waals surface area contributed by atoms with Gasteiger partial charge in [-0.2, -0.15) is 0 Å². The Morgan fingerprint density at radius 3 is 2.77 bits per heavy atom. The molecule has 0 saturated carbocycles. The van der Waals surface area contributed by atoms with Crippen LogP contribution in [-0.4, -0.2) is 38.4 Å². The van der Waals surface area contributed by atoms with E-state index in [1.807, 2.05) is 6.92 Å². The quantitative estimate of drug-likeness (QED) is 0.892. The van der Waals surface area contributed by atoms with Crippen molar-refractivity contribution >= 4 is 27.5 Å². The van der Waals surface area contributed by atoms with Crippen LogP contribution in [0.2, 0.25) is 5.02 Å². The van der Waals surface area contributed by atoms with Crippen LogP contribution in [0.25, 0.3) is 0 Å². The zero-order valence-corrected chi connectivity index (χ0v) is 14.2. The number of rotatable bonds is 5. The molecule has 0 spiro atoms. The molecule has 2 rings (SSSR count). The highest BCUT2D eigenvalue weighted by Gasteiger charge is 2.26. The highest BCUT2D eigenvalue weighted by Crippen LogP contribution is 2.21. The van der Waals surface area contributed by atoms with Crippen LogP contribution in [0.4, 0.5) is 0 Å². The molecule has 1 amide bonds. The van der Waals surface area contributed by atoms with Crippen LogP contribution in [0.5, 0.6) is 0 Å². The molecular formula is C15H21ClN2O3S. The van der Waals surface area contributed by atoms with E-state index < -0.39 is 10.0 Å². The van der Waals surface area contributed by atoms with Gasteiger partial charge in [-0.1, -0.05) is 30.7 Å². The summed E-state index contributed by atoms with van der Waals surface area (Å²) in [5.41, 5.74) is 0. The Morgan fingerprint density at radius 2 is 2.09 bits per heavy atom. The number of sulfonamides is 1. The van der Waals surface area contributed by atoms with E-state index in [1.165, 1.54) is 12.1 Å². The summed E-state index contributed by atoms with van der Waals surface area (Å²) in [5, 5.41) is 0.145. The van der Waals surface area contributed by atoms with Crippen molar-refractivity contribution in [2.24, 2.45) is 0 Å². The molecule has 22 heavy (non-hydrogen) atoms. The van der Waals surface area contributed by atoms with Crippen LogP contribution >= 0.6 is 11.6 Å². The third-order valence-electron chi connectivity index (χ3n) is 3.96. The molecule has 1 aliphatic heterocycles. The van der Waals surface area contributed by atoms with Crippen LogP contribution in [0.3, 0.4) is 0 Å².